The molecule has 0 atom stereocenters. The molecule has 4 nitrogen and oxygen atoms in total. The highest BCUT2D eigenvalue weighted by Gasteiger charge is 2.35. The van der Waals surface area contributed by atoms with Crippen molar-refractivity contribution in [1.82, 2.24) is 4.98 Å². The van der Waals surface area contributed by atoms with Crippen molar-refractivity contribution >= 4 is 11.6 Å². The van der Waals surface area contributed by atoms with E-state index < -0.39 is 0 Å². The van der Waals surface area contributed by atoms with Crippen LogP contribution in [0.15, 0.2) is 22.7 Å². The molecule has 0 aliphatic heterocycles. The molecule has 0 saturated carbocycles. The molecular weight excluding hydrogens is 218 g/mol. The maximum absolute atomic E-state index is 12.2. The van der Waals surface area contributed by atoms with Gasteiger partial charge >= 0.3 is 0 Å². The molecule has 0 N–H and O–H groups in total. The lowest BCUT2D eigenvalue weighted by atomic mass is 9.89. The van der Waals surface area contributed by atoms with Crippen LogP contribution < -0.4 is 0 Å². The zero-order chi connectivity index (χ0) is 12.2. The van der Waals surface area contributed by atoms with E-state index in [1.54, 1.807) is 26.0 Å². The molecule has 0 aromatic carbocycles. The van der Waals surface area contributed by atoms with Gasteiger partial charge in [-0.1, -0.05) is 0 Å². The van der Waals surface area contributed by atoms with Crippen molar-refractivity contribution in [3.05, 3.63) is 52.2 Å². The smallest absolute Gasteiger partial charge is 0.248 e. The van der Waals surface area contributed by atoms with E-state index in [0.717, 1.165) is 5.56 Å². The molecule has 0 unspecified atom stereocenters. The van der Waals surface area contributed by atoms with Crippen LogP contribution in [0.1, 0.15) is 43.5 Å². The first-order valence-electron chi connectivity index (χ1n) is 5.25. The average molecular weight is 227 g/mol. The summed E-state index contributed by atoms with van der Waals surface area (Å²) in [6, 6.07) is 3.33. The number of hydrogen-bond acceptors (Lipinski definition) is 4. The lowest BCUT2D eigenvalue weighted by molar-refractivity contribution is 0.0955. The fourth-order valence-corrected chi connectivity index (χ4v) is 2.11. The van der Waals surface area contributed by atoms with Crippen molar-refractivity contribution in [2.75, 3.05) is 0 Å². The summed E-state index contributed by atoms with van der Waals surface area (Å²) in [5, 5.41) is 0. The Balaban J connectivity index is 2.36. The Morgan fingerprint density at radius 2 is 1.94 bits per heavy atom. The van der Waals surface area contributed by atoms with Crippen LogP contribution in [0.2, 0.25) is 0 Å². The normalized spacial score (nSPS) is 13.5. The monoisotopic (exact) mass is 227 g/mol. The minimum absolute atomic E-state index is 0.109. The van der Waals surface area contributed by atoms with Crippen LogP contribution in [0, 0.1) is 13.8 Å². The predicted octanol–water partition coefficient (Wildman–Crippen LogP) is 2.07. The van der Waals surface area contributed by atoms with Crippen LogP contribution in [0.5, 0.6) is 0 Å². The van der Waals surface area contributed by atoms with Gasteiger partial charge in [-0.2, -0.15) is 0 Å². The van der Waals surface area contributed by atoms with Crippen molar-refractivity contribution in [3.8, 4) is 0 Å². The Kier molecular flexibility index (Phi) is 1.84. The average Bonchev–Trinajstić information content (AvgIpc) is 2.68. The number of carbonyl (C=O) groups is 2. The number of hydrogen-bond donors (Lipinski definition) is 0. The van der Waals surface area contributed by atoms with E-state index in [0.29, 0.717) is 16.9 Å². The minimum atomic E-state index is -0.314. The number of pyridine rings is 1. The first kappa shape index (κ1) is 9.96. The van der Waals surface area contributed by atoms with Gasteiger partial charge in [0.05, 0.1) is 11.1 Å². The molecular formula is C13H9NO3. The molecule has 0 amide bonds. The van der Waals surface area contributed by atoms with E-state index in [9.17, 15) is 9.59 Å². The maximum atomic E-state index is 12.2. The lowest BCUT2D eigenvalue weighted by Gasteiger charge is -2.13. The molecule has 0 spiro atoms. The number of fused-ring (bicyclic) bond motifs is 2. The maximum Gasteiger partial charge on any atom is 0.248 e. The Bertz CT molecular complexity index is 667. The van der Waals surface area contributed by atoms with Crippen molar-refractivity contribution < 1.29 is 14.0 Å². The summed E-state index contributed by atoms with van der Waals surface area (Å²) in [5.74, 6) is 0.170. The van der Waals surface area contributed by atoms with Crippen LogP contribution in [0.25, 0.3) is 0 Å². The molecule has 0 bridgehead atoms. The first-order chi connectivity index (χ1) is 8.09. The third-order valence-electron chi connectivity index (χ3n) is 2.91. The van der Waals surface area contributed by atoms with Gasteiger partial charge in [-0.15, -0.1) is 0 Å². The molecule has 2 aromatic heterocycles. The van der Waals surface area contributed by atoms with E-state index in [1.807, 2.05) is 0 Å². The molecule has 0 fully saturated rings. The third-order valence-corrected chi connectivity index (χ3v) is 2.91. The van der Waals surface area contributed by atoms with E-state index in [-0.39, 0.29) is 23.0 Å². The lowest BCUT2D eigenvalue weighted by Crippen LogP contribution is -2.21. The van der Waals surface area contributed by atoms with E-state index >= 15 is 0 Å². The number of furan rings is 1. The number of aryl methyl sites for hydroxylation is 2. The van der Waals surface area contributed by atoms with Crippen LogP contribution in [-0.4, -0.2) is 16.6 Å². The van der Waals surface area contributed by atoms with Crippen LogP contribution in [0.4, 0.5) is 0 Å². The molecule has 3 rings (SSSR count). The summed E-state index contributed by atoms with van der Waals surface area (Å²) in [7, 11) is 0. The van der Waals surface area contributed by atoms with Gasteiger partial charge in [0.2, 0.25) is 5.78 Å². The Morgan fingerprint density at radius 1 is 1.18 bits per heavy atom. The van der Waals surface area contributed by atoms with Gasteiger partial charge in [0.15, 0.2) is 11.5 Å². The van der Waals surface area contributed by atoms with Crippen molar-refractivity contribution in [2.45, 2.75) is 13.8 Å². The van der Waals surface area contributed by atoms with E-state index in [2.05, 4.69) is 4.98 Å². The van der Waals surface area contributed by atoms with Crippen molar-refractivity contribution in [2.24, 2.45) is 0 Å². The van der Waals surface area contributed by atoms with Crippen LogP contribution >= 0.6 is 0 Å². The second-order valence-electron chi connectivity index (χ2n) is 4.11. The highest BCUT2D eigenvalue weighted by Crippen LogP contribution is 2.29. The second-order valence-corrected chi connectivity index (χ2v) is 4.11. The summed E-state index contributed by atoms with van der Waals surface area (Å²) >= 11 is 0. The fraction of sp³-hybridized carbons (Fsp3) is 0.154. The first-order valence-corrected chi connectivity index (χ1v) is 5.25. The number of rotatable bonds is 0. The van der Waals surface area contributed by atoms with Gasteiger partial charge in [0, 0.05) is 6.20 Å². The SMILES string of the molecule is Cc1cc2c(o1)C(=O)c1nccc(C)c1C2=O. The molecule has 4 heteroatoms. The molecule has 0 saturated heterocycles. The van der Waals surface area contributed by atoms with E-state index in [1.165, 1.54) is 6.20 Å². The Hall–Kier alpha value is -2.23. The molecule has 1 aliphatic carbocycles. The highest BCUT2D eigenvalue weighted by molar-refractivity contribution is 6.27. The summed E-state index contributed by atoms with van der Waals surface area (Å²) in [4.78, 5) is 28.3. The summed E-state index contributed by atoms with van der Waals surface area (Å²) in [6.45, 7) is 3.51. The van der Waals surface area contributed by atoms with Crippen molar-refractivity contribution in [3.63, 3.8) is 0 Å². The van der Waals surface area contributed by atoms with Crippen LogP contribution in [-0.2, 0) is 0 Å². The zero-order valence-corrected chi connectivity index (χ0v) is 9.40. The van der Waals surface area contributed by atoms with Gasteiger partial charge in [-0.05, 0) is 31.5 Å². The zero-order valence-electron chi connectivity index (χ0n) is 9.40. The molecule has 17 heavy (non-hydrogen) atoms. The Labute approximate surface area is 97.3 Å². The van der Waals surface area contributed by atoms with E-state index in [4.69, 9.17) is 4.42 Å². The summed E-state index contributed by atoms with van der Waals surface area (Å²) in [6.07, 6.45) is 1.53. The Morgan fingerprint density at radius 3 is 2.71 bits per heavy atom. The second kappa shape index (κ2) is 3.13. The van der Waals surface area contributed by atoms with Gasteiger partial charge in [0.1, 0.15) is 11.5 Å². The van der Waals surface area contributed by atoms with Gasteiger partial charge in [-0.3, -0.25) is 14.6 Å². The van der Waals surface area contributed by atoms with Gasteiger partial charge < -0.3 is 4.42 Å². The van der Waals surface area contributed by atoms with Crippen molar-refractivity contribution in [1.29, 1.82) is 0 Å². The summed E-state index contributed by atoms with van der Waals surface area (Å²) in [5.41, 5.74) is 1.69. The van der Waals surface area contributed by atoms with Gasteiger partial charge in [0.25, 0.3) is 0 Å². The molecule has 2 aromatic rings. The molecule has 0 radical (unpaired) electrons. The number of aromatic nitrogens is 1. The standard InChI is InChI=1S/C13H9NO3/c1-6-3-4-14-10-9(6)11(15)8-5-7(2)17-13(8)12(10)16/h3-5H,1-2H3. The number of ketones is 2. The third kappa shape index (κ3) is 1.21. The number of carbonyl (C=O) groups excluding carboxylic acids is 2. The molecule has 1 aliphatic rings. The fourth-order valence-electron chi connectivity index (χ4n) is 2.11. The largest absolute Gasteiger partial charge is 0.457 e. The van der Waals surface area contributed by atoms with Crippen LogP contribution in [0.3, 0.4) is 0 Å². The summed E-state index contributed by atoms with van der Waals surface area (Å²) < 4.78 is 5.27. The highest BCUT2D eigenvalue weighted by atomic mass is 16.3. The van der Waals surface area contributed by atoms with Gasteiger partial charge in [-0.25, -0.2) is 0 Å². The predicted molar refractivity (Wildman–Crippen MR) is 59.3 cm³/mol. The molecule has 2 heterocycles. The quantitative estimate of drug-likeness (QED) is 0.589. The topological polar surface area (TPSA) is 60.2 Å². The minimum Gasteiger partial charge on any atom is -0.457 e. The molecule has 84 valence electrons. The number of nitrogens with zero attached hydrogens (tertiary/aromatic N) is 1.